The molecule has 0 aliphatic heterocycles. The molecule has 13 heteroatoms. The molecule has 4 aromatic rings. The molecule has 12 nitrogen and oxygen atoms in total. The number of halogens is 1. The fraction of sp³-hybridized carbons (Fsp3) is 0.250. The zero-order valence-electron chi connectivity index (χ0n) is 22.3. The Morgan fingerprint density at radius 3 is 2.44 bits per heavy atom. The minimum atomic E-state index is -0.598. The summed E-state index contributed by atoms with van der Waals surface area (Å²) in [7, 11) is 0. The van der Waals surface area contributed by atoms with Crippen LogP contribution in [0.1, 0.15) is 43.6 Å². The normalized spacial score (nSPS) is 11.2. The molecule has 3 aromatic carbocycles. The van der Waals surface area contributed by atoms with Gasteiger partial charge in [-0.15, -0.1) is 0 Å². The van der Waals surface area contributed by atoms with Crippen molar-refractivity contribution in [1.82, 2.24) is 9.66 Å². The molecule has 0 atom stereocenters. The van der Waals surface area contributed by atoms with Crippen LogP contribution in [0, 0.1) is 20.2 Å². The van der Waals surface area contributed by atoms with Crippen molar-refractivity contribution in [2.24, 2.45) is 5.10 Å². The van der Waals surface area contributed by atoms with Crippen LogP contribution in [-0.2, 0) is 13.0 Å². The summed E-state index contributed by atoms with van der Waals surface area (Å²) in [4.78, 5) is 39.8. The predicted molar refractivity (Wildman–Crippen MR) is 157 cm³/mol. The van der Waals surface area contributed by atoms with Gasteiger partial charge >= 0.3 is 5.69 Å². The van der Waals surface area contributed by atoms with Gasteiger partial charge in [-0.3, -0.25) is 25.0 Å². The number of hydrogen-bond acceptors (Lipinski definition) is 9. The number of non-ortho nitro benzene ring substituents is 1. The summed E-state index contributed by atoms with van der Waals surface area (Å²) in [5.74, 6) is 0.500. The second kappa shape index (κ2) is 13.1. The van der Waals surface area contributed by atoms with Crippen LogP contribution < -0.4 is 15.0 Å². The molecule has 1 heterocycles. The van der Waals surface area contributed by atoms with Crippen LogP contribution in [-0.4, -0.2) is 32.3 Å². The van der Waals surface area contributed by atoms with Gasteiger partial charge in [0.05, 0.1) is 33.6 Å². The Labute approximate surface area is 242 Å². The van der Waals surface area contributed by atoms with Gasteiger partial charge in [0.25, 0.3) is 11.2 Å². The minimum Gasteiger partial charge on any atom is -0.490 e. The summed E-state index contributed by atoms with van der Waals surface area (Å²) in [6, 6.07) is 13.7. The number of hydrogen-bond donors (Lipinski definition) is 0. The van der Waals surface area contributed by atoms with Crippen molar-refractivity contribution in [3.05, 3.63) is 107 Å². The molecular weight excluding hydrogens is 598 g/mol. The molecule has 0 radical (unpaired) electrons. The van der Waals surface area contributed by atoms with E-state index in [0.29, 0.717) is 34.3 Å². The third-order valence-electron chi connectivity index (χ3n) is 6.04. The summed E-state index contributed by atoms with van der Waals surface area (Å²) in [5.41, 5.74) is 0.640. The molecule has 0 aliphatic rings. The van der Waals surface area contributed by atoms with Gasteiger partial charge in [0.2, 0.25) is 5.75 Å². The zero-order chi connectivity index (χ0) is 29.5. The number of benzene rings is 3. The number of aryl methyl sites for hydroxylation is 1. The lowest BCUT2D eigenvalue weighted by Gasteiger charge is -2.13. The van der Waals surface area contributed by atoms with Gasteiger partial charge in [-0.2, -0.15) is 9.78 Å². The predicted octanol–water partition coefficient (Wildman–Crippen LogP) is 6.18. The summed E-state index contributed by atoms with van der Waals surface area (Å²) < 4.78 is 13.4. The number of rotatable bonds is 12. The quantitative estimate of drug-likeness (QED) is 0.103. The van der Waals surface area contributed by atoms with Gasteiger partial charge in [-0.05, 0) is 55.3 Å². The van der Waals surface area contributed by atoms with Crippen LogP contribution in [0.25, 0.3) is 10.9 Å². The topological polar surface area (TPSA) is 152 Å². The number of unbranched alkanes of at least 4 members (excludes halogenated alkanes) is 1. The highest BCUT2D eigenvalue weighted by Gasteiger charge is 2.23. The smallest absolute Gasteiger partial charge is 0.315 e. The van der Waals surface area contributed by atoms with Crippen molar-refractivity contribution in [2.75, 3.05) is 6.61 Å². The third-order valence-corrected chi connectivity index (χ3v) is 6.53. The molecule has 41 heavy (non-hydrogen) atoms. The van der Waals surface area contributed by atoms with Crippen LogP contribution in [0.4, 0.5) is 11.4 Å². The number of nitrogens with zero attached hydrogens (tertiary/aromatic N) is 5. The van der Waals surface area contributed by atoms with Crippen molar-refractivity contribution in [2.45, 2.75) is 39.7 Å². The number of nitro groups is 2. The Morgan fingerprint density at radius 2 is 1.78 bits per heavy atom. The number of fused-ring (bicyclic) bond motifs is 1. The maximum Gasteiger partial charge on any atom is 0.315 e. The fourth-order valence-electron chi connectivity index (χ4n) is 4.03. The van der Waals surface area contributed by atoms with E-state index < -0.39 is 9.85 Å². The van der Waals surface area contributed by atoms with E-state index in [1.54, 1.807) is 19.1 Å². The standard InChI is InChI=1S/C28H26BrN5O7/c1-3-5-6-26-31-23-12-9-20(29)15-22(23)28(35)32(26)30-16-19-13-24(34(38)39)27(25(14-19)40-4-2)41-17-18-7-10-21(11-8-18)33(36)37/h7-16H,3-6,17H2,1-2H3. The van der Waals surface area contributed by atoms with E-state index in [9.17, 15) is 25.0 Å². The maximum absolute atomic E-state index is 13.4. The lowest BCUT2D eigenvalue weighted by Crippen LogP contribution is -2.22. The van der Waals surface area contributed by atoms with E-state index >= 15 is 0 Å². The van der Waals surface area contributed by atoms with Crippen molar-refractivity contribution < 1.29 is 19.3 Å². The van der Waals surface area contributed by atoms with E-state index in [1.165, 1.54) is 47.3 Å². The minimum absolute atomic E-state index is 0.0791. The van der Waals surface area contributed by atoms with E-state index in [0.717, 1.165) is 17.3 Å². The molecule has 212 valence electrons. The van der Waals surface area contributed by atoms with Gasteiger partial charge in [0.1, 0.15) is 12.4 Å². The molecule has 0 spiro atoms. The molecule has 0 unspecified atom stereocenters. The van der Waals surface area contributed by atoms with E-state index in [4.69, 9.17) is 9.47 Å². The Morgan fingerprint density at radius 1 is 1.02 bits per heavy atom. The van der Waals surface area contributed by atoms with Gasteiger partial charge in [-0.25, -0.2) is 4.98 Å². The molecule has 0 saturated carbocycles. The summed E-state index contributed by atoms with van der Waals surface area (Å²) in [6.45, 7) is 3.88. The highest BCUT2D eigenvalue weighted by Crippen LogP contribution is 2.39. The van der Waals surface area contributed by atoms with Crippen LogP contribution in [0.3, 0.4) is 0 Å². The molecule has 0 N–H and O–H groups in total. The Kier molecular flexibility index (Phi) is 9.40. The molecule has 0 aliphatic carbocycles. The van der Waals surface area contributed by atoms with E-state index in [1.807, 2.05) is 13.0 Å². The largest absolute Gasteiger partial charge is 0.490 e. The zero-order valence-corrected chi connectivity index (χ0v) is 23.9. The van der Waals surface area contributed by atoms with E-state index in [2.05, 4.69) is 26.0 Å². The first-order chi connectivity index (χ1) is 19.7. The average Bonchev–Trinajstić information content (AvgIpc) is 2.95. The first-order valence-corrected chi connectivity index (χ1v) is 13.6. The van der Waals surface area contributed by atoms with Crippen molar-refractivity contribution in [1.29, 1.82) is 0 Å². The maximum atomic E-state index is 13.4. The molecule has 4 rings (SSSR count). The van der Waals surface area contributed by atoms with Crippen LogP contribution in [0.5, 0.6) is 11.5 Å². The number of aromatic nitrogens is 2. The highest BCUT2D eigenvalue weighted by atomic mass is 79.9. The lowest BCUT2D eigenvalue weighted by molar-refractivity contribution is -0.386. The highest BCUT2D eigenvalue weighted by molar-refractivity contribution is 9.10. The molecular formula is C28H26BrN5O7. The molecule has 0 fully saturated rings. The molecule has 0 amide bonds. The van der Waals surface area contributed by atoms with Crippen LogP contribution in [0.15, 0.2) is 69.0 Å². The average molecular weight is 624 g/mol. The Bertz CT molecular complexity index is 1690. The first-order valence-electron chi connectivity index (χ1n) is 12.8. The van der Waals surface area contributed by atoms with Gasteiger partial charge in [0, 0.05) is 34.7 Å². The van der Waals surface area contributed by atoms with Gasteiger partial charge < -0.3 is 9.47 Å². The van der Waals surface area contributed by atoms with Gasteiger partial charge in [0.15, 0.2) is 5.75 Å². The Balaban J connectivity index is 1.73. The second-order valence-electron chi connectivity index (χ2n) is 8.92. The second-order valence-corrected chi connectivity index (χ2v) is 9.84. The summed E-state index contributed by atoms with van der Waals surface area (Å²) in [5, 5.41) is 27.7. The molecule has 1 aromatic heterocycles. The number of nitro benzene ring substituents is 2. The molecule has 0 bridgehead atoms. The Hall–Kier alpha value is -4.65. The monoisotopic (exact) mass is 623 g/mol. The SMILES string of the molecule is CCCCc1nc2ccc(Br)cc2c(=O)n1N=Cc1cc(OCC)c(OCc2ccc([N+](=O)[O-])cc2)c([N+](=O)[O-])c1. The van der Waals surface area contributed by atoms with Gasteiger partial charge in [-0.1, -0.05) is 29.3 Å². The summed E-state index contributed by atoms with van der Waals surface area (Å²) >= 11 is 3.38. The first kappa shape index (κ1) is 29.3. The van der Waals surface area contributed by atoms with E-state index in [-0.39, 0.29) is 41.6 Å². The van der Waals surface area contributed by atoms with Crippen molar-refractivity contribution >= 4 is 44.4 Å². The molecule has 0 saturated heterocycles. The number of ether oxygens (including phenoxy) is 2. The van der Waals surface area contributed by atoms with Crippen LogP contribution >= 0.6 is 15.9 Å². The summed E-state index contributed by atoms with van der Waals surface area (Å²) in [6.07, 6.45) is 3.56. The van der Waals surface area contributed by atoms with Crippen molar-refractivity contribution in [3.8, 4) is 11.5 Å². The third kappa shape index (κ3) is 6.92. The fourth-order valence-corrected chi connectivity index (χ4v) is 4.39. The lowest BCUT2D eigenvalue weighted by atomic mass is 10.1. The van der Waals surface area contributed by atoms with Crippen LogP contribution in [0.2, 0.25) is 0 Å². The van der Waals surface area contributed by atoms with Crippen molar-refractivity contribution in [3.63, 3.8) is 0 Å².